The first kappa shape index (κ1) is 12.1. The van der Waals surface area contributed by atoms with Gasteiger partial charge >= 0.3 is 0 Å². The fourth-order valence-electron chi connectivity index (χ4n) is 2.41. The summed E-state index contributed by atoms with van der Waals surface area (Å²) in [5.41, 5.74) is 8.61. The van der Waals surface area contributed by atoms with Crippen molar-refractivity contribution in [1.29, 1.82) is 0 Å². The van der Waals surface area contributed by atoms with Crippen molar-refractivity contribution in [1.82, 2.24) is 13.9 Å². The first-order chi connectivity index (χ1) is 10.3. The van der Waals surface area contributed by atoms with Gasteiger partial charge in [-0.25, -0.2) is 4.98 Å². The molecule has 4 aromatic rings. The van der Waals surface area contributed by atoms with Gasteiger partial charge in [-0.1, -0.05) is 24.3 Å². The summed E-state index contributed by atoms with van der Waals surface area (Å²) in [6.45, 7) is 0. The summed E-state index contributed by atoms with van der Waals surface area (Å²) in [4.78, 5) is 4.48. The van der Waals surface area contributed by atoms with E-state index in [-0.39, 0.29) is 0 Å². The van der Waals surface area contributed by atoms with Crippen molar-refractivity contribution < 1.29 is 0 Å². The lowest BCUT2D eigenvalue weighted by Gasteiger charge is -2.06. The van der Waals surface area contributed by atoms with Crippen LogP contribution in [0.1, 0.15) is 0 Å². The van der Waals surface area contributed by atoms with Crippen molar-refractivity contribution in [2.45, 2.75) is 0 Å². The number of anilines is 1. The molecular formula is C16H12N4S. The molecule has 102 valence electrons. The second kappa shape index (κ2) is 4.71. The van der Waals surface area contributed by atoms with Gasteiger partial charge in [0.25, 0.3) is 0 Å². The highest BCUT2D eigenvalue weighted by Crippen LogP contribution is 2.30. The van der Waals surface area contributed by atoms with Crippen molar-refractivity contribution in [3.05, 3.63) is 60.9 Å². The Morgan fingerprint density at radius 1 is 1.05 bits per heavy atom. The number of rotatable bonds is 2. The summed E-state index contributed by atoms with van der Waals surface area (Å²) < 4.78 is 6.56. The SMILES string of the molecule is Nc1cccc(-c2nccn2-c2snc3ccccc23)c1. The summed E-state index contributed by atoms with van der Waals surface area (Å²) in [6.07, 6.45) is 3.76. The molecule has 0 aliphatic heterocycles. The van der Waals surface area contributed by atoms with E-state index < -0.39 is 0 Å². The number of benzene rings is 2. The van der Waals surface area contributed by atoms with Gasteiger partial charge in [0.2, 0.25) is 0 Å². The largest absolute Gasteiger partial charge is 0.399 e. The molecule has 0 saturated carbocycles. The third-order valence-corrected chi connectivity index (χ3v) is 4.25. The quantitative estimate of drug-likeness (QED) is 0.573. The molecule has 0 unspecified atom stereocenters. The average molecular weight is 292 g/mol. The Morgan fingerprint density at radius 3 is 2.86 bits per heavy atom. The minimum Gasteiger partial charge on any atom is -0.399 e. The number of aromatic nitrogens is 3. The van der Waals surface area contributed by atoms with Crippen LogP contribution in [-0.2, 0) is 0 Å². The topological polar surface area (TPSA) is 56.7 Å². The molecule has 0 aliphatic carbocycles. The van der Waals surface area contributed by atoms with Crippen LogP contribution in [0.5, 0.6) is 0 Å². The molecule has 2 N–H and O–H groups in total. The van der Waals surface area contributed by atoms with Crippen molar-refractivity contribution in [3.63, 3.8) is 0 Å². The number of imidazole rings is 1. The number of hydrogen-bond acceptors (Lipinski definition) is 4. The van der Waals surface area contributed by atoms with Crippen molar-refractivity contribution in [2.75, 3.05) is 5.73 Å². The number of nitrogen functional groups attached to an aromatic ring is 1. The van der Waals surface area contributed by atoms with Crippen LogP contribution in [0.2, 0.25) is 0 Å². The molecule has 0 fully saturated rings. The highest BCUT2D eigenvalue weighted by Gasteiger charge is 2.13. The van der Waals surface area contributed by atoms with E-state index in [0.29, 0.717) is 0 Å². The molecule has 4 nitrogen and oxygen atoms in total. The molecule has 0 saturated heterocycles. The Bertz CT molecular complexity index is 923. The van der Waals surface area contributed by atoms with Crippen molar-refractivity contribution >= 4 is 28.1 Å². The molecule has 0 aliphatic rings. The van der Waals surface area contributed by atoms with Gasteiger partial charge in [-0.3, -0.25) is 4.57 Å². The lowest BCUT2D eigenvalue weighted by molar-refractivity contribution is 1.10. The summed E-state index contributed by atoms with van der Waals surface area (Å²) in [5, 5.41) is 2.20. The highest BCUT2D eigenvalue weighted by molar-refractivity contribution is 7.10. The summed E-state index contributed by atoms with van der Waals surface area (Å²) in [5.74, 6) is 0.872. The Hall–Kier alpha value is -2.66. The van der Waals surface area contributed by atoms with E-state index >= 15 is 0 Å². The Balaban J connectivity index is 1.93. The first-order valence-corrected chi connectivity index (χ1v) is 7.34. The van der Waals surface area contributed by atoms with E-state index in [0.717, 1.165) is 33.0 Å². The zero-order chi connectivity index (χ0) is 14.2. The van der Waals surface area contributed by atoms with Crippen molar-refractivity contribution in [2.24, 2.45) is 0 Å². The monoisotopic (exact) mass is 292 g/mol. The fraction of sp³-hybridized carbons (Fsp3) is 0. The van der Waals surface area contributed by atoms with Crippen LogP contribution in [0.4, 0.5) is 5.69 Å². The normalized spacial score (nSPS) is 11.0. The molecule has 0 amide bonds. The third-order valence-electron chi connectivity index (χ3n) is 3.37. The Kier molecular flexibility index (Phi) is 2.72. The van der Waals surface area contributed by atoms with Crippen LogP contribution in [-0.4, -0.2) is 13.9 Å². The first-order valence-electron chi connectivity index (χ1n) is 6.57. The van der Waals surface area contributed by atoms with Gasteiger partial charge in [-0.2, -0.15) is 4.37 Å². The van der Waals surface area contributed by atoms with Crippen LogP contribution in [0.25, 0.3) is 27.3 Å². The summed E-state index contributed by atoms with van der Waals surface area (Å²) in [6, 6.07) is 15.9. The minimum absolute atomic E-state index is 0.733. The maximum absolute atomic E-state index is 5.88. The van der Waals surface area contributed by atoms with E-state index in [1.807, 2.05) is 48.7 Å². The van der Waals surface area contributed by atoms with E-state index in [1.165, 1.54) is 11.5 Å². The van der Waals surface area contributed by atoms with Gasteiger partial charge in [0.15, 0.2) is 0 Å². The van der Waals surface area contributed by atoms with Gasteiger partial charge in [-0.15, -0.1) is 0 Å². The molecule has 0 spiro atoms. The molecule has 2 aromatic carbocycles. The molecule has 4 rings (SSSR count). The lowest BCUT2D eigenvalue weighted by atomic mass is 10.2. The number of fused-ring (bicyclic) bond motifs is 1. The van der Waals surface area contributed by atoms with Gasteiger partial charge < -0.3 is 5.73 Å². The molecule has 2 heterocycles. The molecule has 0 atom stereocenters. The Labute approximate surface area is 125 Å². The van der Waals surface area contributed by atoms with E-state index in [9.17, 15) is 0 Å². The van der Waals surface area contributed by atoms with Crippen LogP contribution < -0.4 is 5.73 Å². The average Bonchev–Trinajstić information content (AvgIpc) is 3.13. The lowest BCUT2D eigenvalue weighted by Crippen LogP contribution is -1.95. The summed E-state index contributed by atoms with van der Waals surface area (Å²) in [7, 11) is 0. The highest BCUT2D eigenvalue weighted by atomic mass is 32.1. The molecule has 0 radical (unpaired) electrons. The molecule has 5 heteroatoms. The van der Waals surface area contributed by atoms with Gasteiger partial charge in [0, 0.05) is 29.0 Å². The second-order valence-electron chi connectivity index (χ2n) is 4.75. The fourth-order valence-corrected chi connectivity index (χ4v) is 3.26. The zero-order valence-electron chi connectivity index (χ0n) is 11.1. The predicted molar refractivity (Wildman–Crippen MR) is 86.6 cm³/mol. The number of nitrogens with zero attached hydrogens (tertiary/aromatic N) is 3. The summed E-state index contributed by atoms with van der Waals surface area (Å²) >= 11 is 1.48. The van der Waals surface area contributed by atoms with E-state index in [4.69, 9.17) is 5.73 Å². The minimum atomic E-state index is 0.733. The third kappa shape index (κ3) is 1.98. The van der Waals surface area contributed by atoms with Gasteiger partial charge in [0.05, 0.1) is 5.52 Å². The molecule has 21 heavy (non-hydrogen) atoms. The molecular weight excluding hydrogens is 280 g/mol. The van der Waals surface area contributed by atoms with Crippen molar-refractivity contribution in [3.8, 4) is 16.4 Å². The molecule has 2 aromatic heterocycles. The van der Waals surface area contributed by atoms with Crippen LogP contribution >= 0.6 is 11.5 Å². The number of nitrogens with two attached hydrogens (primary N) is 1. The Morgan fingerprint density at radius 2 is 1.95 bits per heavy atom. The van der Waals surface area contributed by atoms with Crippen LogP contribution in [0.3, 0.4) is 0 Å². The predicted octanol–water partition coefficient (Wildman–Crippen LogP) is 3.73. The van der Waals surface area contributed by atoms with Crippen LogP contribution in [0, 0.1) is 0 Å². The smallest absolute Gasteiger partial charge is 0.145 e. The van der Waals surface area contributed by atoms with Crippen LogP contribution in [0.15, 0.2) is 60.9 Å². The maximum atomic E-state index is 5.88. The maximum Gasteiger partial charge on any atom is 0.145 e. The molecule has 0 bridgehead atoms. The second-order valence-corrected chi connectivity index (χ2v) is 5.50. The van der Waals surface area contributed by atoms with Gasteiger partial charge in [0.1, 0.15) is 10.8 Å². The van der Waals surface area contributed by atoms with E-state index in [1.54, 1.807) is 6.20 Å². The van der Waals surface area contributed by atoms with Gasteiger partial charge in [-0.05, 0) is 35.8 Å². The number of hydrogen-bond donors (Lipinski definition) is 1. The zero-order valence-corrected chi connectivity index (χ0v) is 11.9. The standard InChI is InChI=1S/C16H12N4S/c17-12-5-3-4-11(10-12)15-18-8-9-20(15)16-13-6-1-2-7-14(13)19-21-16/h1-10H,17H2. The van der Waals surface area contributed by atoms with E-state index in [2.05, 4.69) is 20.0 Å².